The molecule has 0 aromatic carbocycles. The van der Waals surface area contributed by atoms with Crippen molar-refractivity contribution < 1.29 is 22.2 Å². The first kappa shape index (κ1) is 14.8. The van der Waals surface area contributed by atoms with Gasteiger partial charge < -0.3 is 10.6 Å². The molecule has 0 bridgehead atoms. The molecule has 2 fully saturated rings. The Kier molecular flexibility index (Phi) is 4.20. The lowest BCUT2D eigenvalue weighted by Gasteiger charge is -2.32. The highest BCUT2D eigenvalue weighted by molar-refractivity contribution is 7.85. The zero-order chi connectivity index (χ0) is 14.1. The molecule has 1 unspecified atom stereocenters. The van der Waals surface area contributed by atoms with Crippen molar-refractivity contribution in [3.63, 3.8) is 0 Å². The van der Waals surface area contributed by atoms with Crippen LogP contribution < -0.4 is 10.6 Å². The summed E-state index contributed by atoms with van der Waals surface area (Å²) in [4.78, 5) is 12.0. The van der Waals surface area contributed by atoms with Crippen molar-refractivity contribution in [3.05, 3.63) is 0 Å². The van der Waals surface area contributed by atoms with Gasteiger partial charge in [0.15, 0.2) is 5.41 Å². The molecule has 4 nitrogen and oxygen atoms in total. The summed E-state index contributed by atoms with van der Waals surface area (Å²) in [5, 5.41) is 5.11. The van der Waals surface area contributed by atoms with Crippen LogP contribution in [0.25, 0.3) is 0 Å². The van der Waals surface area contributed by atoms with Crippen LogP contribution in [0.4, 0.5) is 13.2 Å². The lowest BCUT2D eigenvalue weighted by Crippen LogP contribution is -2.55. The predicted molar refractivity (Wildman–Crippen MR) is 65.0 cm³/mol. The second kappa shape index (κ2) is 5.40. The Bertz CT molecular complexity index is 371. The topological polar surface area (TPSA) is 58.2 Å². The van der Waals surface area contributed by atoms with Gasteiger partial charge in [-0.05, 0) is 25.8 Å². The van der Waals surface area contributed by atoms with Crippen molar-refractivity contribution in [2.45, 2.75) is 31.5 Å². The molecule has 2 heterocycles. The summed E-state index contributed by atoms with van der Waals surface area (Å²) >= 11 is 0. The second-order valence-electron chi connectivity index (χ2n) is 5.10. The molecule has 1 atom stereocenters. The van der Waals surface area contributed by atoms with Crippen LogP contribution in [0.3, 0.4) is 0 Å². The maximum atomic E-state index is 13.1. The first-order valence-corrected chi connectivity index (χ1v) is 7.77. The van der Waals surface area contributed by atoms with E-state index >= 15 is 0 Å². The van der Waals surface area contributed by atoms with E-state index < -0.39 is 28.3 Å². The average molecular weight is 298 g/mol. The molecule has 0 aromatic heterocycles. The van der Waals surface area contributed by atoms with E-state index in [9.17, 15) is 22.2 Å². The SMILES string of the molecule is O=C(NC1CCS(=O)CC1)C1(C(F)(F)F)CCNC1. The van der Waals surface area contributed by atoms with E-state index in [1.165, 1.54) is 0 Å². The molecular formula is C11H17F3N2O2S. The normalized spacial score (nSPS) is 36.2. The van der Waals surface area contributed by atoms with Crippen LogP contribution in [-0.4, -0.2) is 46.9 Å². The zero-order valence-electron chi connectivity index (χ0n) is 10.4. The van der Waals surface area contributed by atoms with Crippen LogP contribution in [0, 0.1) is 5.41 Å². The number of hydrogen-bond acceptors (Lipinski definition) is 3. The minimum absolute atomic E-state index is 0.196. The number of nitrogens with one attached hydrogen (secondary N) is 2. The third-order valence-corrected chi connectivity index (χ3v) is 5.24. The maximum Gasteiger partial charge on any atom is 0.404 e. The molecule has 1 amide bonds. The van der Waals surface area contributed by atoms with E-state index in [0.717, 1.165) is 0 Å². The van der Waals surface area contributed by atoms with Crippen LogP contribution in [0.1, 0.15) is 19.3 Å². The molecule has 0 aromatic rings. The minimum Gasteiger partial charge on any atom is -0.352 e. The summed E-state index contributed by atoms with van der Waals surface area (Å²) in [6.07, 6.45) is -3.79. The monoisotopic (exact) mass is 298 g/mol. The van der Waals surface area contributed by atoms with Gasteiger partial charge in [0.2, 0.25) is 5.91 Å². The Labute approximate surface area is 112 Å². The molecule has 0 spiro atoms. The molecule has 8 heteroatoms. The number of rotatable bonds is 2. The van der Waals surface area contributed by atoms with Gasteiger partial charge in [-0.3, -0.25) is 9.00 Å². The molecule has 2 aliphatic rings. The molecule has 2 rings (SSSR count). The number of alkyl halides is 3. The van der Waals surface area contributed by atoms with Gasteiger partial charge in [0.05, 0.1) is 0 Å². The van der Waals surface area contributed by atoms with Crippen molar-refractivity contribution in [2.75, 3.05) is 24.6 Å². The molecule has 110 valence electrons. The molecule has 0 radical (unpaired) electrons. The third-order valence-electron chi connectivity index (χ3n) is 3.86. The lowest BCUT2D eigenvalue weighted by atomic mass is 9.84. The first-order chi connectivity index (χ1) is 8.85. The maximum absolute atomic E-state index is 13.1. The summed E-state index contributed by atoms with van der Waals surface area (Å²) in [6, 6.07) is -0.287. The Morgan fingerprint density at radius 1 is 1.32 bits per heavy atom. The third kappa shape index (κ3) is 2.94. The van der Waals surface area contributed by atoms with Crippen LogP contribution in [0.5, 0.6) is 0 Å². The molecule has 2 aliphatic heterocycles. The Morgan fingerprint density at radius 3 is 2.42 bits per heavy atom. The van der Waals surface area contributed by atoms with Gasteiger partial charge in [-0.1, -0.05) is 0 Å². The number of carbonyl (C=O) groups excluding carboxylic acids is 1. The summed E-state index contributed by atoms with van der Waals surface area (Å²) in [5.74, 6) is -0.0487. The van der Waals surface area contributed by atoms with E-state index in [0.29, 0.717) is 24.3 Å². The van der Waals surface area contributed by atoms with E-state index in [1.807, 2.05) is 0 Å². The summed E-state index contributed by atoms with van der Waals surface area (Å²) in [5.41, 5.74) is -2.30. The fourth-order valence-corrected chi connectivity index (χ4v) is 3.82. The highest BCUT2D eigenvalue weighted by Crippen LogP contribution is 2.43. The first-order valence-electron chi connectivity index (χ1n) is 6.28. The van der Waals surface area contributed by atoms with Gasteiger partial charge in [-0.2, -0.15) is 13.2 Å². The predicted octanol–water partition coefficient (Wildman–Crippen LogP) is 0.556. The van der Waals surface area contributed by atoms with E-state index in [2.05, 4.69) is 10.6 Å². The molecule has 0 aliphatic carbocycles. The molecule has 19 heavy (non-hydrogen) atoms. The van der Waals surface area contributed by atoms with Gasteiger partial charge in [-0.15, -0.1) is 0 Å². The minimum atomic E-state index is -4.54. The summed E-state index contributed by atoms with van der Waals surface area (Å²) < 4.78 is 50.6. The second-order valence-corrected chi connectivity index (χ2v) is 6.80. The number of hydrogen-bond donors (Lipinski definition) is 2. The van der Waals surface area contributed by atoms with Gasteiger partial charge >= 0.3 is 6.18 Å². The summed E-state index contributed by atoms with van der Waals surface area (Å²) in [6.45, 7) is -0.164. The van der Waals surface area contributed by atoms with Crippen molar-refractivity contribution >= 4 is 16.7 Å². The zero-order valence-corrected chi connectivity index (χ0v) is 11.2. The van der Waals surface area contributed by atoms with Gasteiger partial charge in [0.25, 0.3) is 0 Å². The van der Waals surface area contributed by atoms with Gasteiger partial charge in [0, 0.05) is 34.9 Å². The highest BCUT2D eigenvalue weighted by Gasteiger charge is 2.61. The van der Waals surface area contributed by atoms with Crippen LogP contribution in [0.15, 0.2) is 0 Å². The van der Waals surface area contributed by atoms with Gasteiger partial charge in [0.1, 0.15) is 0 Å². The fraction of sp³-hybridized carbons (Fsp3) is 0.909. The van der Waals surface area contributed by atoms with Gasteiger partial charge in [-0.25, -0.2) is 0 Å². The molecule has 2 saturated heterocycles. The van der Waals surface area contributed by atoms with Crippen molar-refractivity contribution in [3.8, 4) is 0 Å². The Hall–Kier alpha value is -0.630. The van der Waals surface area contributed by atoms with Crippen molar-refractivity contribution in [1.29, 1.82) is 0 Å². The fourth-order valence-electron chi connectivity index (χ4n) is 2.52. The Balaban J connectivity index is 2.03. The molecule has 0 saturated carbocycles. The number of amides is 1. The standard InChI is InChI=1S/C11H17F3N2O2S/c12-11(13,14)10(3-4-15-7-10)9(17)16-8-1-5-19(18)6-2-8/h8,15H,1-7H2,(H,16,17). The van der Waals surface area contributed by atoms with E-state index in [4.69, 9.17) is 0 Å². The van der Waals surface area contributed by atoms with Crippen molar-refractivity contribution in [2.24, 2.45) is 5.41 Å². The highest BCUT2D eigenvalue weighted by atomic mass is 32.2. The van der Waals surface area contributed by atoms with Crippen molar-refractivity contribution in [1.82, 2.24) is 10.6 Å². The quantitative estimate of drug-likeness (QED) is 0.783. The number of carbonyl (C=O) groups is 1. The largest absolute Gasteiger partial charge is 0.404 e. The van der Waals surface area contributed by atoms with Crippen LogP contribution in [-0.2, 0) is 15.6 Å². The molecule has 2 N–H and O–H groups in total. The van der Waals surface area contributed by atoms with E-state index in [-0.39, 0.29) is 25.6 Å². The van der Waals surface area contributed by atoms with E-state index in [1.54, 1.807) is 0 Å². The summed E-state index contributed by atoms with van der Waals surface area (Å²) in [7, 11) is -0.891. The van der Waals surface area contributed by atoms with Crippen LogP contribution in [0.2, 0.25) is 0 Å². The van der Waals surface area contributed by atoms with Crippen LogP contribution >= 0.6 is 0 Å². The number of halogens is 3. The molecular weight excluding hydrogens is 281 g/mol. The smallest absolute Gasteiger partial charge is 0.352 e. The average Bonchev–Trinajstić information content (AvgIpc) is 2.82. The lowest BCUT2D eigenvalue weighted by molar-refractivity contribution is -0.216. The Morgan fingerprint density at radius 2 is 1.95 bits per heavy atom.